The van der Waals surface area contributed by atoms with Gasteiger partial charge < -0.3 is 25.3 Å². The van der Waals surface area contributed by atoms with Crippen molar-refractivity contribution in [1.82, 2.24) is 10.3 Å². The summed E-state index contributed by atoms with van der Waals surface area (Å²) in [6.45, 7) is 7.19. The second kappa shape index (κ2) is 9.45. The maximum atomic E-state index is 12.0. The fourth-order valence-corrected chi connectivity index (χ4v) is 2.75. The van der Waals surface area contributed by atoms with Gasteiger partial charge in [0.15, 0.2) is 0 Å². The molecule has 0 radical (unpaired) electrons. The fourth-order valence-electron chi connectivity index (χ4n) is 2.75. The SMILES string of the molecule is COc1cnc(O[C@@H](CNC(=O)OC(C)(C)C)CC(C)C(N)=O)c2ccccc12. The zero-order chi connectivity index (χ0) is 21.6. The molecule has 2 amide bonds. The highest BCUT2D eigenvalue weighted by atomic mass is 16.6. The third kappa shape index (κ3) is 6.51. The second-order valence-corrected chi connectivity index (χ2v) is 7.84. The molecule has 0 aliphatic carbocycles. The van der Waals surface area contributed by atoms with Gasteiger partial charge in [-0.2, -0.15) is 0 Å². The predicted octanol–water partition coefficient (Wildman–Crippen LogP) is 3.03. The topological polar surface area (TPSA) is 113 Å². The minimum Gasteiger partial charge on any atom is -0.494 e. The maximum Gasteiger partial charge on any atom is 0.407 e. The number of hydrogen-bond acceptors (Lipinski definition) is 6. The molecular weight excluding hydrogens is 374 g/mol. The first-order valence-corrected chi connectivity index (χ1v) is 9.45. The Morgan fingerprint density at radius 1 is 1.21 bits per heavy atom. The van der Waals surface area contributed by atoms with E-state index in [1.807, 2.05) is 24.3 Å². The van der Waals surface area contributed by atoms with Gasteiger partial charge in [0, 0.05) is 16.7 Å². The molecule has 0 fully saturated rings. The molecule has 0 aliphatic rings. The van der Waals surface area contributed by atoms with Crippen LogP contribution in [0.15, 0.2) is 30.5 Å². The van der Waals surface area contributed by atoms with E-state index in [1.165, 1.54) is 0 Å². The van der Waals surface area contributed by atoms with Gasteiger partial charge in [0.05, 0.1) is 19.9 Å². The van der Waals surface area contributed by atoms with Gasteiger partial charge in [-0.25, -0.2) is 9.78 Å². The summed E-state index contributed by atoms with van der Waals surface area (Å²) in [5.74, 6) is 0.129. The number of fused-ring (bicyclic) bond motifs is 1. The van der Waals surface area contributed by atoms with Crippen LogP contribution in [0.4, 0.5) is 4.79 Å². The smallest absolute Gasteiger partial charge is 0.407 e. The monoisotopic (exact) mass is 403 g/mol. The molecule has 8 heteroatoms. The summed E-state index contributed by atoms with van der Waals surface area (Å²) in [6, 6.07) is 7.54. The number of aromatic nitrogens is 1. The van der Waals surface area contributed by atoms with Crippen LogP contribution in [-0.4, -0.2) is 42.3 Å². The highest BCUT2D eigenvalue weighted by Crippen LogP contribution is 2.31. The normalized spacial score (nSPS) is 13.4. The molecule has 0 saturated heterocycles. The lowest BCUT2D eigenvalue weighted by molar-refractivity contribution is -0.122. The molecule has 8 nitrogen and oxygen atoms in total. The Bertz CT molecular complexity index is 863. The van der Waals surface area contributed by atoms with E-state index in [4.69, 9.17) is 19.9 Å². The Balaban J connectivity index is 2.22. The van der Waals surface area contributed by atoms with E-state index >= 15 is 0 Å². The van der Waals surface area contributed by atoms with E-state index in [1.54, 1.807) is 41.0 Å². The van der Waals surface area contributed by atoms with Crippen molar-refractivity contribution in [2.45, 2.75) is 45.8 Å². The number of hydrogen-bond donors (Lipinski definition) is 2. The van der Waals surface area contributed by atoms with Crippen molar-refractivity contribution >= 4 is 22.8 Å². The number of benzene rings is 1. The fraction of sp³-hybridized carbons (Fsp3) is 0.476. The molecule has 2 atom stereocenters. The van der Waals surface area contributed by atoms with Crippen molar-refractivity contribution in [2.75, 3.05) is 13.7 Å². The Kier molecular flexibility index (Phi) is 7.25. The lowest BCUT2D eigenvalue weighted by Crippen LogP contribution is -2.40. The van der Waals surface area contributed by atoms with Gasteiger partial charge in [-0.1, -0.05) is 25.1 Å². The third-order valence-corrected chi connectivity index (χ3v) is 4.20. The van der Waals surface area contributed by atoms with Crippen molar-refractivity contribution in [3.05, 3.63) is 30.5 Å². The van der Waals surface area contributed by atoms with Gasteiger partial charge in [-0.05, 0) is 33.3 Å². The molecule has 2 aromatic rings. The van der Waals surface area contributed by atoms with Crippen LogP contribution in [0.5, 0.6) is 11.6 Å². The number of amides is 2. The van der Waals surface area contributed by atoms with Crippen LogP contribution in [0.25, 0.3) is 10.8 Å². The Labute approximate surface area is 170 Å². The standard InChI is InChI=1S/C21H29N3O5/c1-13(18(22)25)10-14(11-24-20(26)29-21(2,3)4)28-19-16-9-7-6-8-15(16)17(27-5)12-23-19/h6-9,12-14H,10-11H2,1-5H3,(H2,22,25)(H,24,26)/t13?,14-/m1/s1. The molecule has 1 aromatic heterocycles. The molecule has 0 aliphatic heterocycles. The number of methoxy groups -OCH3 is 1. The van der Waals surface area contributed by atoms with Crippen LogP contribution >= 0.6 is 0 Å². The Morgan fingerprint density at radius 2 is 1.86 bits per heavy atom. The summed E-state index contributed by atoms with van der Waals surface area (Å²) < 4.78 is 16.7. The number of rotatable bonds is 8. The number of nitrogens with one attached hydrogen (secondary N) is 1. The summed E-state index contributed by atoms with van der Waals surface area (Å²) in [7, 11) is 1.58. The minimum atomic E-state index is -0.616. The van der Waals surface area contributed by atoms with Crippen LogP contribution < -0.4 is 20.5 Å². The van der Waals surface area contributed by atoms with Crippen molar-refractivity contribution in [3.8, 4) is 11.6 Å². The van der Waals surface area contributed by atoms with E-state index < -0.39 is 29.6 Å². The van der Waals surface area contributed by atoms with Crippen LogP contribution in [0.2, 0.25) is 0 Å². The number of pyridine rings is 1. The predicted molar refractivity (Wildman–Crippen MR) is 110 cm³/mol. The number of carbonyl (C=O) groups is 2. The van der Waals surface area contributed by atoms with E-state index in [-0.39, 0.29) is 6.54 Å². The van der Waals surface area contributed by atoms with Gasteiger partial charge in [0.1, 0.15) is 17.5 Å². The number of ether oxygens (including phenoxy) is 3. The van der Waals surface area contributed by atoms with E-state index in [0.29, 0.717) is 18.1 Å². The highest BCUT2D eigenvalue weighted by Gasteiger charge is 2.23. The van der Waals surface area contributed by atoms with Crippen LogP contribution in [-0.2, 0) is 9.53 Å². The summed E-state index contributed by atoms with van der Waals surface area (Å²) in [6.07, 6.45) is 0.792. The average Bonchev–Trinajstić information content (AvgIpc) is 2.64. The Morgan fingerprint density at radius 3 is 2.45 bits per heavy atom. The molecule has 1 heterocycles. The van der Waals surface area contributed by atoms with Crippen LogP contribution in [0.3, 0.4) is 0 Å². The third-order valence-electron chi connectivity index (χ3n) is 4.20. The highest BCUT2D eigenvalue weighted by molar-refractivity contribution is 5.91. The van der Waals surface area contributed by atoms with Gasteiger partial charge >= 0.3 is 6.09 Å². The first kappa shape index (κ1) is 22.3. The van der Waals surface area contributed by atoms with Gasteiger partial charge in [-0.15, -0.1) is 0 Å². The van der Waals surface area contributed by atoms with Crippen molar-refractivity contribution in [2.24, 2.45) is 11.7 Å². The van der Waals surface area contributed by atoms with E-state index in [0.717, 1.165) is 10.8 Å². The summed E-state index contributed by atoms with van der Waals surface area (Å²) in [5.41, 5.74) is 4.79. The van der Waals surface area contributed by atoms with Crippen molar-refractivity contribution in [3.63, 3.8) is 0 Å². The number of nitrogens with zero attached hydrogens (tertiary/aromatic N) is 1. The van der Waals surface area contributed by atoms with Crippen molar-refractivity contribution < 1.29 is 23.8 Å². The van der Waals surface area contributed by atoms with Crippen LogP contribution in [0, 0.1) is 5.92 Å². The van der Waals surface area contributed by atoms with E-state index in [9.17, 15) is 9.59 Å². The zero-order valence-corrected chi connectivity index (χ0v) is 17.5. The molecule has 1 aromatic carbocycles. The maximum absolute atomic E-state index is 12.0. The lowest BCUT2D eigenvalue weighted by atomic mass is 10.0. The van der Waals surface area contributed by atoms with Gasteiger partial charge in [0.2, 0.25) is 11.8 Å². The Hall–Kier alpha value is -3.03. The molecule has 2 rings (SSSR count). The molecule has 0 spiro atoms. The summed E-state index contributed by atoms with van der Waals surface area (Å²) in [5, 5.41) is 4.30. The molecule has 1 unspecified atom stereocenters. The molecular formula is C21H29N3O5. The second-order valence-electron chi connectivity index (χ2n) is 7.84. The first-order valence-electron chi connectivity index (χ1n) is 9.45. The minimum absolute atomic E-state index is 0.134. The summed E-state index contributed by atoms with van der Waals surface area (Å²) in [4.78, 5) is 27.9. The molecule has 0 saturated carbocycles. The number of carbonyl (C=O) groups excluding carboxylic acids is 2. The van der Waals surface area contributed by atoms with Crippen LogP contribution in [0.1, 0.15) is 34.1 Å². The van der Waals surface area contributed by atoms with Gasteiger partial charge in [-0.3, -0.25) is 4.79 Å². The summed E-state index contributed by atoms with van der Waals surface area (Å²) >= 11 is 0. The largest absolute Gasteiger partial charge is 0.494 e. The number of primary amides is 1. The quantitative estimate of drug-likeness (QED) is 0.700. The molecule has 0 bridgehead atoms. The van der Waals surface area contributed by atoms with Gasteiger partial charge in [0.25, 0.3) is 0 Å². The van der Waals surface area contributed by atoms with Crippen molar-refractivity contribution in [1.29, 1.82) is 0 Å². The molecule has 158 valence electrons. The van der Waals surface area contributed by atoms with E-state index in [2.05, 4.69) is 10.3 Å². The zero-order valence-electron chi connectivity index (χ0n) is 17.5. The molecule has 29 heavy (non-hydrogen) atoms. The average molecular weight is 403 g/mol. The number of alkyl carbamates (subject to hydrolysis) is 1. The lowest BCUT2D eigenvalue weighted by Gasteiger charge is -2.24. The first-order chi connectivity index (χ1) is 13.6. The number of nitrogens with two attached hydrogens (primary N) is 1. The molecule has 3 N–H and O–H groups in total.